The van der Waals surface area contributed by atoms with E-state index in [1.807, 2.05) is 31.2 Å². The Morgan fingerprint density at radius 3 is 2.33 bits per heavy atom. The molecular weight excluding hydrogens is 805 g/mol. The van der Waals surface area contributed by atoms with E-state index in [0.29, 0.717) is 59.5 Å². The Hall–Kier alpha value is -5.45. The van der Waals surface area contributed by atoms with Gasteiger partial charge in [-0.15, -0.1) is 0 Å². The summed E-state index contributed by atoms with van der Waals surface area (Å²) in [4.78, 5) is 67.9. The van der Waals surface area contributed by atoms with Crippen molar-refractivity contribution in [1.82, 2.24) is 30.2 Å². The molecule has 4 aliphatic rings. The number of benzene rings is 2. The fourth-order valence-electron chi connectivity index (χ4n) is 8.26. The number of hydrogen-bond acceptors (Lipinski definition) is 12. The van der Waals surface area contributed by atoms with Gasteiger partial charge in [0.2, 0.25) is 27.7 Å². The first-order valence-electron chi connectivity index (χ1n) is 20.9. The molecule has 3 N–H and O–H groups in total. The molecule has 61 heavy (non-hydrogen) atoms. The first-order chi connectivity index (χ1) is 28.9. The number of sulfonamides is 1. The van der Waals surface area contributed by atoms with Gasteiger partial charge < -0.3 is 34.5 Å². The van der Waals surface area contributed by atoms with Crippen LogP contribution in [0.25, 0.3) is 22.3 Å². The molecule has 2 saturated carbocycles. The third-order valence-corrected chi connectivity index (χ3v) is 13.6. The molecule has 7 rings (SSSR count). The molecular formula is C44H56N6O10S. The molecule has 3 aromatic rings. The van der Waals surface area contributed by atoms with Crippen molar-refractivity contribution >= 4 is 44.7 Å². The van der Waals surface area contributed by atoms with E-state index < -0.39 is 74.3 Å². The fraction of sp³-hybridized carbons (Fsp3) is 0.545. The minimum absolute atomic E-state index is 0.0143. The van der Waals surface area contributed by atoms with Gasteiger partial charge in [-0.05, 0) is 108 Å². The summed E-state index contributed by atoms with van der Waals surface area (Å²) in [5.41, 5.74) is -1.18. The maximum absolute atomic E-state index is 15.0. The number of fused-ring (bicyclic) bond motifs is 3. The summed E-state index contributed by atoms with van der Waals surface area (Å²) in [6, 6.07) is 10.2. The summed E-state index contributed by atoms with van der Waals surface area (Å²) in [6.07, 6.45) is 5.31. The number of nitrogens with zero attached hydrogens (tertiary/aromatic N) is 3. The van der Waals surface area contributed by atoms with Gasteiger partial charge >= 0.3 is 6.09 Å². The lowest BCUT2D eigenvalue weighted by atomic mass is 9.88. The van der Waals surface area contributed by atoms with E-state index in [0.717, 1.165) is 6.42 Å². The minimum Gasteiger partial charge on any atom is -0.497 e. The molecule has 1 aromatic heterocycles. The number of alkyl carbamates (subject to hydrolysis) is 1. The van der Waals surface area contributed by atoms with E-state index in [-0.39, 0.29) is 37.1 Å². The number of nitrogens with one attached hydrogen (secondary N) is 3. The SMILES string of the molecule is COc1ccc(-c2nc(OC3CC4C(=O)NC5(C(=O)NS(=O)(=O)C6CC6)CC5C=CCCC(C)CC(C)C(NC(=O)OC(C)(C)C)C(=O)N4C3)c3ccc(OC)cc3n2)cc1. The van der Waals surface area contributed by atoms with Crippen molar-refractivity contribution in [3.05, 3.63) is 54.6 Å². The van der Waals surface area contributed by atoms with Gasteiger partial charge in [-0.1, -0.05) is 26.0 Å². The Balaban J connectivity index is 1.26. The van der Waals surface area contributed by atoms with Crippen LogP contribution in [-0.2, 0) is 29.1 Å². The van der Waals surface area contributed by atoms with Crippen LogP contribution >= 0.6 is 0 Å². The average molecular weight is 861 g/mol. The largest absolute Gasteiger partial charge is 0.497 e. The van der Waals surface area contributed by atoms with Crippen molar-refractivity contribution in [3.8, 4) is 28.8 Å². The van der Waals surface area contributed by atoms with Gasteiger partial charge in [-0.2, -0.15) is 4.98 Å². The second-order valence-corrected chi connectivity index (χ2v) is 19.8. The first-order valence-corrected chi connectivity index (χ1v) is 22.5. The third kappa shape index (κ3) is 9.87. The van der Waals surface area contributed by atoms with Crippen LogP contribution in [-0.4, -0.2) is 102 Å². The van der Waals surface area contributed by atoms with Crippen LogP contribution in [0.3, 0.4) is 0 Å². The van der Waals surface area contributed by atoms with Crippen molar-refractivity contribution in [3.63, 3.8) is 0 Å². The monoisotopic (exact) mass is 860 g/mol. The Bertz CT molecular complexity index is 2310. The number of amides is 4. The summed E-state index contributed by atoms with van der Waals surface area (Å²) in [7, 11) is -0.804. The Morgan fingerprint density at radius 2 is 1.66 bits per heavy atom. The second-order valence-electron chi connectivity index (χ2n) is 17.8. The molecule has 7 atom stereocenters. The van der Waals surface area contributed by atoms with Gasteiger partial charge in [0, 0.05) is 24.0 Å². The number of aromatic nitrogens is 2. The predicted molar refractivity (Wildman–Crippen MR) is 226 cm³/mol. The molecule has 3 heterocycles. The molecule has 0 spiro atoms. The van der Waals surface area contributed by atoms with Crippen molar-refractivity contribution in [2.24, 2.45) is 17.8 Å². The summed E-state index contributed by atoms with van der Waals surface area (Å²) in [6.45, 7) is 9.07. The van der Waals surface area contributed by atoms with E-state index in [9.17, 15) is 27.6 Å². The molecule has 328 valence electrons. The van der Waals surface area contributed by atoms with E-state index >= 15 is 0 Å². The van der Waals surface area contributed by atoms with Crippen LogP contribution in [0.4, 0.5) is 4.79 Å². The maximum Gasteiger partial charge on any atom is 0.408 e. The van der Waals surface area contributed by atoms with Gasteiger partial charge in [0.1, 0.15) is 40.8 Å². The molecule has 17 heteroatoms. The lowest BCUT2D eigenvalue weighted by Gasteiger charge is -2.33. The summed E-state index contributed by atoms with van der Waals surface area (Å²) >= 11 is 0. The molecule has 7 unspecified atom stereocenters. The van der Waals surface area contributed by atoms with Crippen molar-refractivity contribution in [2.75, 3.05) is 20.8 Å². The van der Waals surface area contributed by atoms with E-state index in [1.165, 1.54) is 4.90 Å². The highest BCUT2D eigenvalue weighted by molar-refractivity contribution is 7.91. The number of allylic oxidation sites excluding steroid dienone is 1. The zero-order valence-corrected chi connectivity index (χ0v) is 36.5. The molecule has 0 radical (unpaired) electrons. The van der Waals surface area contributed by atoms with E-state index in [1.54, 1.807) is 65.3 Å². The highest BCUT2D eigenvalue weighted by atomic mass is 32.2. The van der Waals surface area contributed by atoms with Crippen LogP contribution in [0.5, 0.6) is 17.4 Å². The lowest BCUT2D eigenvalue weighted by molar-refractivity contribution is -0.142. The van der Waals surface area contributed by atoms with Crippen LogP contribution in [0.15, 0.2) is 54.6 Å². The highest BCUT2D eigenvalue weighted by Gasteiger charge is 2.62. The quantitative estimate of drug-likeness (QED) is 0.242. The van der Waals surface area contributed by atoms with E-state index in [4.69, 9.17) is 28.9 Å². The maximum atomic E-state index is 15.0. The Kier molecular flexibility index (Phi) is 12.3. The van der Waals surface area contributed by atoms with Gasteiger partial charge in [0.15, 0.2) is 5.82 Å². The number of rotatable bonds is 9. The molecule has 2 aliphatic carbocycles. The number of carbonyl (C=O) groups is 4. The van der Waals surface area contributed by atoms with Crippen LogP contribution in [0.1, 0.15) is 79.6 Å². The Labute approximate surface area is 356 Å². The number of carbonyl (C=O) groups excluding carboxylic acids is 4. The molecule has 16 nitrogen and oxygen atoms in total. The Morgan fingerprint density at radius 1 is 0.951 bits per heavy atom. The van der Waals surface area contributed by atoms with Crippen LogP contribution in [0, 0.1) is 17.8 Å². The fourth-order valence-corrected chi connectivity index (χ4v) is 9.62. The molecule has 4 amide bonds. The summed E-state index contributed by atoms with van der Waals surface area (Å²) < 4.78 is 51.3. The molecule has 0 bridgehead atoms. The summed E-state index contributed by atoms with van der Waals surface area (Å²) in [5.74, 6) is -0.924. The van der Waals surface area contributed by atoms with Gasteiger partial charge in [0.05, 0.1) is 36.9 Å². The van der Waals surface area contributed by atoms with Gasteiger partial charge in [-0.3, -0.25) is 19.1 Å². The zero-order valence-electron chi connectivity index (χ0n) is 35.7. The summed E-state index contributed by atoms with van der Waals surface area (Å²) in [5, 5.41) is 5.64. The standard InChI is InChI=1S/C44H56N6O10S/c1-25-10-8-9-11-28-23-44(28,41(53)49-61(55,56)32-17-18-32)48-38(51)35-22-31(24-50(35)40(52)36(26(2)20-25)46-42(54)60-43(3,4)5)59-39-33-19-16-30(58-7)21-34(33)45-37(47-39)27-12-14-29(57-6)15-13-27/h9,11-16,19,21,25-26,28,31-32,35-36H,8,10,17-18,20,22-24H2,1-7H3,(H,46,54)(H,48,51)(H,49,53). The number of hydrogen-bond donors (Lipinski definition) is 3. The van der Waals surface area contributed by atoms with Crippen molar-refractivity contribution in [2.45, 2.75) is 114 Å². The lowest BCUT2D eigenvalue weighted by Crippen LogP contribution is -2.59. The first kappa shape index (κ1) is 43.6. The molecule has 3 fully saturated rings. The number of methoxy groups -OCH3 is 2. The van der Waals surface area contributed by atoms with Gasteiger partial charge in [-0.25, -0.2) is 18.2 Å². The molecule has 2 aliphatic heterocycles. The number of ether oxygens (including phenoxy) is 4. The van der Waals surface area contributed by atoms with Crippen molar-refractivity contribution < 1.29 is 46.5 Å². The highest BCUT2D eigenvalue weighted by Crippen LogP contribution is 2.46. The zero-order chi connectivity index (χ0) is 43.9. The predicted octanol–water partition coefficient (Wildman–Crippen LogP) is 5.05. The average Bonchev–Trinajstić information content (AvgIpc) is 4.14. The van der Waals surface area contributed by atoms with E-state index in [2.05, 4.69) is 22.3 Å². The third-order valence-electron chi connectivity index (χ3n) is 11.8. The topological polar surface area (TPSA) is 204 Å². The molecule has 1 saturated heterocycles. The van der Waals surface area contributed by atoms with Crippen molar-refractivity contribution in [1.29, 1.82) is 0 Å². The smallest absolute Gasteiger partial charge is 0.408 e. The van der Waals surface area contributed by atoms with Crippen LogP contribution < -0.4 is 29.6 Å². The van der Waals surface area contributed by atoms with Crippen LogP contribution in [0.2, 0.25) is 0 Å². The second kappa shape index (κ2) is 17.1. The molecule has 2 aromatic carbocycles. The normalized spacial score (nSPS) is 27.1. The van der Waals surface area contributed by atoms with Gasteiger partial charge in [0.25, 0.3) is 5.91 Å². The minimum atomic E-state index is -3.93.